The van der Waals surface area contributed by atoms with E-state index >= 15 is 0 Å². The summed E-state index contributed by atoms with van der Waals surface area (Å²) >= 11 is 7.52. The summed E-state index contributed by atoms with van der Waals surface area (Å²) in [5, 5.41) is 1.50. The van der Waals surface area contributed by atoms with E-state index in [1.807, 2.05) is 79.0 Å². The van der Waals surface area contributed by atoms with Crippen LogP contribution >= 0.6 is 22.9 Å². The molecule has 0 atom stereocenters. The van der Waals surface area contributed by atoms with Gasteiger partial charge in [0.25, 0.3) is 0 Å². The van der Waals surface area contributed by atoms with E-state index in [9.17, 15) is 9.59 Å². The lowest BCUT2D eigenvalue weighted by atomic mass is 9.97. The summed E-state index contributed by atoms with van der Waals surface area (Å²) in [7, 11) is 0. The smallest absolute Gasteiger partial charge is 0.356 e. The maximum absolute atomic E-state index is 13.7. The van der Waals surface area contributed by atoms with E-state index in [0.717, 1.165) is 37.9 Å². The van der Waals surface area contributed by atoms with Crippen molar-refractivity contribution in [2.45, 2.75) is 20.8 Å². The number of ether oxygens (including phenoxy) is 1. The standard InChI is InChI=1S/C28H22ClNO3S/c1-4-33-28(32)24-26-22(23-17(3)14-16(2)15-30(23)24)21(18-10-12-20(29)13-11-18)27(34-26)25(31)19-8-6-5-7-9-19/h5-15H,4H2,1-3H3. The molecule has 5 aromatic rings. The molecular formula is C28H22ClNO3S. The van der Waals surface area contributed by atoms with Crippen molar-refractivity contribution in [1.82, 2.24) is 4.40 Å². The van der Waals surface area contributed by atoms with Crippen molar-refractivity contribution in [2.24, 2.45) is 0 Å². The first-order chi connectivity index (χ1) is 16.4. The fourth-order valence-electron chi connectivity index (χ4n) is 4.50. The number of aryl methyl sites for hydroxylation is 2. The molecule has 0 radical (unpaired) electrons. The van der Waals surface area contributed by atoms with Gasteiger partial charge in [0.1, 0.15) is 5.69 Å². The molecule has 0 aliphatic heterocycles. The maximum atomic E-state index is 13.7. The molecule has 3 heterocycles. The number of rotatable bonds is 5. The average Bonchev–Trinajstić information content (AvgIpc) is 3.34. The number of ketones is 1. The van der Waals surface area contributed by atoms with Gasteiger partial charge in [0.15, 0.2) is 0 Å². The van der Waals surface area contributed by atoms with Crippen LogP contribution in [0, 0.1) is 13.8 Å². The number of hydrogen-bond donors (Lipinski definition) is 0. The van der Waals surface area contributed by atoms with Crippen molar-refractivity contribution >= 4 is 50.3 Å². The lowest BCUT2D eigenvalue weighted by molar-refractivity contribution is 0.0521. The van der Waals surface area contributed by atoms with Gasteiger partial charge in [-0.15, -0.1) is 11.3 Å². The highest BCUT2D eigenvalue weighted by molar-refractivity contribution is 7.22. The van der Waals surface area contributed by atoms with Crippen LogP contribution in [0.15, 0.2) is 66.9 Å². The summed E-state index contributed by atoms with van der Waals surface area (Å²) in [5.74, 6) is -0.482. The number of aromatic nitrogens is 1. The third kappa shape index (κ3) is 3.61. The van der Waals surface area contributed by atoms with Gasteiger partial charge in [0.2, 0.25) is 5.78 Å². The molecule has 5 rings (SSSR count). The summed E-state index contributed by atoms with van der Waals surface area (Å²) in [6, 6.07) is 18.8. The molecule has 0 spiro atoms. The van der Waals surface area contributed by atoms with Crippen LogP contribution in [-0.4, -0.2) is 22.8 Å². The Morgan fingerprint density at radius 1 is 1.03 bits per heavy atom. The van der Waals surface area contributed by atoms with Crippen LogP contribution in [0.4, 0.5) is 0 Å². The SMILES string of the molecule is CCOC(=O)c1c2sc(C(=O)c3ccccc3)c(-c3ccc(Cl)cc3)c2c2c(C)cc(C)cn12. The lowest BCUT2D eigenvalue weighted by Gasteiger charge is -2.09. The van der Waals surface area contributed by atoms with Crippen LogP contribution in [0.3, 0.4) is 0 Å². The Morgan fingerprint density at radius 3 is 2.41 bits per heavy atom. The first-order valence-electron chi connectivity index (χ1n) is 11.0. The number of hydrogen-bond acceptors (Lipinski definition) is 4. The number of pyridine rings is 1. The normalized spacial score (nSPS) is 11.3. The summed E-state index contributed by atoms with van der Waals surface area (Å²) in [6.07, 6.45) is 1.95. The lowest BCUT2D eigenvalue weighted by Crippen LogP contribution is -2.08. The summed E-state index contributed by atoms with van der Waals surface area (Å²) in [4.78, 5) is 27.5. The highest BCUT2D eigenvalue weighted by atomic mass is 35.5. The Labute approximate surface area is 206 Å². The minimum atomic E-state index is -0.403. The molecular weight excluding hydrogens is 466 g/mol. The van der Waals surface area contributed by atoms with Crippen molar-refractivity contribution < 1.29 is 14.3 Å². The highest BCUT2D eigenvalue weighted by Crippen LogP contribution is 2.46. The van der Waals surface area contributed by atoms with Gasteiger partial charge in [-0.1, -0.05) is 60.1 Å². The van der Waals surface area contributed by atoms with Crippen molar-refractivity contribution in [2.75, 3.05) is 6.61 Å². The maximum Gasteiger partial charge on any atom is 0.356 e. The Morgan fingerprint density at radius 2 is 1.74 bits per heavy atom. The minimum absolute atomic E-state index is 0.0792. The molecule has 170 valence electrons. The molecule has 0 saturated heterocycles. The van der Waals surface area contributed by atoms with E-state index in [0.29, 0.717) is 21.2 Å². The zero-order valence-electron chi connectivity index (χ0n) is 19.0. The zero-order valence-corrected chi connectivity index (χ0v) is 20.6. The zero-order chi connectivity index (χ0) is 24.0. The molecule has 0 saturated carbocycles. The first kappa shape index (κ1) is 22.4. The van der Waals surface area contributed by atoms with E-state index < -0.39 is 5.97 Å². The molecule has 0 unspecified atom stereocenters. The van der Waals surface area contributed by atoms with Gasteiger partial charge in [-0.05, 0) is 49.6 Å². The second kappa shape index (κ2) is 8.75. The molecule has 0 aliphatic rings. The summed E-state index contributed by atoms with van der Waals surface area (Å²) in [5.41, 5.74) is 5.69. The molecule has 34 heavy (non-hydrogen) atoms. The van der Waals surface area contributed by atoms with Crippen LogP contribution < -0.4 is 0 Å². The fraction of sp³-hybridized carbons (Fsp3) is 0.143. The second-order valence-corrected chi connectivity index (χ2v) is 9.66. The molecule has 0 bridgehead atoms. The third-order valence-corrected chi connectivity index (χ3v) is 7.28. The predicted octanol–water partition coefficient (Wildman–Crippen LogP) is 7.50. The quantitative estimate of drug-likeness (QED) is 0.190. The molecule has 0 fully saturated rings. The van der Waals surface area contributed by atoms with Gasteiger partial charge in [-0.3, -0.25) is 4.79 Å². The number of carbonyl (C=O) groups is 2. The van der Waals surface area contributed by atoms with Gasteiger partial charge >= 0.3 is 5.97 Å². The van der Waals surface area contributed by atoms with Crippen molar-refractivity contribution in [3.05, 3.63) is 99.1 Å². The number of nitrogens with zero attached hydrogens (tertiary/aromatic N) is 1. The number of thiophene rings is 1. The number of fused-ring (bicyclic) bond motifs is 3. The van der Waals surface area contributed by atoms with Gasteiger partial charge in [0, 0.05) is 27.7 Å². The van der Waals surface area contributed by atoms with E-state index in [1.54, 1.807) is 6.92 Å². The molecule has 0 N–H and O–H groups in total. The summed E-state index contributed by atoms with van der Waals surface area (Å²) < 4.78 is 8.11. The monoisotopic (exact) mass is 487 g/mol. The van der Waals surface area contributed by atoms with E-state index in [1.165, 1.54) is 11.3 Å². The van der Waals surface area contributed by atoms with Crippen molar-refractivity contribution in [1.29, 1.82) is 0 Å². The third-order valence-electron chi connectivity index (χ3n) is 5.84. The molecule has 0 amide bonds. The number of benzene rings is 2. The Balaban J connectivity index is 1.94. The first-order valence-corrected chi connectivity index (χ1v) is 12.2. The molecule has 6 heteroatoms. The van der Waals surface area contributed by atoms with E-state index in [2.05, 4.69) is 6.07 Å². The molecule has 4 nitrogen and oxygen atoms in total. The largest absolute Gasteiger partial charge is 0.461 e. The van der Waals surface area contributed by atoms with Crippen LogP contribution in [0.1, 0.15) is 43.8 Å². The van der Waals surface area contributed by atoms with E-state index in [4.69, 9.17) is 16.3 Å². The number of carbonyl (C=O) groups excluding carboxylic acids is 2. The van der Waals surface area contributed by atoms with Crippen LogP contribution in [0.2, 0.25) is 5.02 Å². The van der Waals surface area contributed by atoms with Gasteiger partial charge < -0.3 is 9.14 Å². The molecule has 3 aromatic heterocycles. The van der Waals surface area contributed by atoms with Crippen LogP contribution in [0.25, 0.3) is 26.7 Å². The van der Waals surface area contributed by atoms with Crippen molar-refractivity contribution in [3.8, 4) is 11.1 Å². The number of esters is 1. The average molecular weight is 488 g/mol. The number of halogens is 1. The molecule has 0 aliphatic carbocycles. The van der Waals surface area contributed by atoms with Crippen molar-refractivity contribution in [3.63, 3.8) is 0 Å². The Bertz CT molecular complexity index is 1560. The second-order valence-electron chi connectivity index (χ2n) is 8.20. The minimum Gasteiger partial charge on any atom is -0.461 e. The Kier molecular flexibility index (Phi) is 5.76. The topological polar surface area (TPSA) is 47.8 Å². The van der Waals surface area contributed by atoms with Gasteiger partial charge in [0.05, 0.1) is 21.7 Å². The van der Waals surface area contributed by atoms with Gasteiger partial charge in [-0.2, -0.15) is 0 Å². The predicted molar refractivity (Wildman–Crippen MR) is 139 cm³/mol. The summed E-state index contributed by atoms with van der Waals surface area (Å²) in [6.45, 7) is 6.08. The highest BCUT2D eigenvalue weighted by Gasteiger charge is 2.30. The van der Waals surface area contributed by atoms with E-state index in [-0.39, 0.29) is 12.4 Å². The molecule has 2 aromatic carbocycles. The Hall–Kier alpha value is -3.41. The van der Waals surface area contributed by atoms with Gasteiger partial charge in [-0.25, -0.2) is 4.79 Å². The van der Waals surface area contributed by atoms with Crippen LogP contribution in [-0.2, 0) is 4.74 Å². The fourth-order valence-corrected chi connectivity index (χ4v) is 5.94. The van der Waals surface area contributed by atoms with Crippen LogP contribution in [0.5, 0.6) is 0 Å².